The number of thiophene rings is 1. The third-order valence-electron chi connectivity index (χ3n) is 2.52. The van der Waals surface area contributed by atoms with Gasteiger partial charge in [-0.25, -0.2) is 0 Å². The first-order valence-corrected chi connectivity index (χ1v) is 6.89. The zero-order chi connectivity index (χ0) is 14.1. The van der Waals surface area contributed by atoms with Gasteiger partial charge in [-0.1, -0.05) is 0 Å². The van der Waals surface area contributed by atoms with Crippen LogP contribution in [0.4, 0.5) is 0 Å². The summed E-state index contributed by atoms with van der Waals surface area (Å²) in [6, 6.07) is 3.93. The van der Waals surface area contributed by atoms with Gasteiger partial charge in [0.15, 0.2) is 0 Å². The number of ether oxygens (including phenoxy) is 2. The normalized spacial score (nSPS) is 10.2. The summed E-state index contributed by atoms with van der Waals surface area (Å²) in [5.41, 5.74) is 0. The Kier molecular flexibility index (Phi) is 7.14. The summed E-state index contributed by atoms with van der Waals surface area (Å²) >= 11 is 1.59. The van der Waals surface area contributed by atoms with Crippen LogP contribution in [0, 0.1) is 0 Å². The molecule has 0 aliphatic heterocycles. The lowest BCUT2D eigenvalue weighted by molar-refractivity contribution is -0.141. The number of nitrogens with one attached hydrogen (secondary N) is 1. The molecule has 1 rings (SSSR count). The van der Waals surface area contributed by atoms with Gasteiger partial charge in [0.05, 0.1) is 20.6 Å². The van der Waals surface area contributed by atoms with Gasteiger partial charge in [-0.05, 0) is 25.1 Å². The van der Waals surface area contributed by atoms with E-state index < -0.39 is 0 Å². The molecule has 0 atom stereocenters. The Morgan fingerprint density at radius 3 is 2.53 bits per heavy atom. The van der Waals surface area contributed by atoms with E-state index in [9.17, 15) is 9.59 Å². The van der Waals surface area contributed by atoms with Crippen LogP contribution in [-0.2, 0) is 32.0 Å². The Morgan fingerprint density at radius 2 is 1.84 bits per heavy atom. The molecule has 0 radical (unpaired) electrons. The minimum atomic E-state index is -0.223. The van der Waals surface area contributed by atoms with Crippen molar-refractivity contribution >= 4 is 23.3 Å². The van der Waals surface area contributed by atoms with Crippen molar-refractivity contribution in [3.05, 3.63) is 21.9 Å². The molecule has 19 heavy (non-hydrogen) atoms. The summed E-state index contributed by atoms with van der Waals surface area (Å²) < 4.78 is 9.18. The highest BCUT2D eigenvalue weighted by atomic mass is 32.1. The Labute approximate surface area is 116 Å². The summed E-state index contributed by atoms with van der Waals surface area (Å²) in [6.07, 6.45) is 1.51. The van der Waals surface area contributed by atoms with Gasteiger partial charge < -0.3 is 14.8 Å². The summed E-state index contributed by atoms with van der Waals surface area (Å²) in [7, 11) is 2.78. The Hall–Kier alpha value is -1.40. The van der Waals surface area contributed by atoms with E-state index in [2.05, 4.69) is 14.8 Å². The maximum absolute atomic E-state index is 11.1. The molecule has 0 bridgehead atoms. The molecule has 0 unspecified atom stereocenters. The second-order valence-corrected chi connectivity index (χ2v) is 5.23. The first kappa shape index (κ1) is 15.7. The third-order valence-corrected chi connectivity index (χ3v) is 3.61. The quantitative estimate of drug-likeness (QED) is 0.579. The third kappa shape index (κ3) is 6.35. The predicted octanol–water partition coefficient (Wildman–Crippen LogP) is 1.51. The average molecular weight is 285 g/mol. The van der Waals surface area contributed by atoms with Crippen LogP contribution in [0.2, 0.25) is 0 Å². The fraction of sp³-hybridized carbons (Fsp3) is 0.538. The molecule has 0 aromatic carbocycles. The number of hydrogen-bond donors (Lipinski definition) is 1. The molecule has 0 saturated carbocycles. The molecule has 1 aromatic heterocycles. The Bertz CT molecular complexity index is 417. The fourth-order valence-electron chi connectivity index (χ4n) is 1.50. The Morgan fingerprint density at radius 1 is 1.16 bits per heavy atom. The second kappa shape index (κ2) is 8.66. The van der Waals surface area contributed by atoms with Gasteiger partial charge in [0.2, 0.25) is 0 Å². The van der Waals surface area contributed by atoms with Crippen molar-refractivity contribution in [1.82, 2.24) is 5.32 Å². The van der Waals surface area contributed by atoms with Crippen LogP contribution in [0.5, 0.6) is 0 Å². The van der Waals surface area contributed by atoms with E-state index in [-0.39, 0.29) is 11.9 Å². The standard InChI is InChI=1S/C13H19NO4S/c1-17-12(15)4-3-7-14-9-11-6-5-10(19-11)8-13(16)18-2/h5-6,14H,3-4,7-9H2,1-2H3. The van der Waals surface area contributed by atoms with E-state index >= 15 is 0 Å². The highest BCUT2D eigenvalue weighted by Crippen LogP contribution is 2.17. The molecule has 0 saturated heterocycles. The largest absolute Gasteiger partial charge is 0.469 e. The number of carbonyl (C=O) groups excluding carboxylic acids is 2. The van der Waals surface area contributed by atoms with Gasteiger partial charge in [-0.3, -0.25) is 9.59 Å². The number of hydrogen-bond acceptors (Lipinski definition) is 6. The molecule has 1 heterocycles. The van der Waals surface area contributed by atoms with E-state index in [4.69, 9.17) is 0 Å². The smallest absolute Gasteiger partial charge is 0.310 e. The van der Waals surface area contributed by atoms with Gasteiger partial charge in [0, 0.05) is 22.7 Å². The SMILES string of the molecule is COC(=O)CCCNCc1ccc(CC(=O)OC)s1. The van der Waals surface area contributed by atoms with Gasteiger partial charge >= 0.3 is 11.9 Å². The van der Waals surface area contributed by atoms with Crippen LogP contribution in [0.25, 0.3) is 0 Å². The number of methoxy groups -OCH3 is 2. The summed E-state index contributed by atoms with van der Waals surface area (Å²) in [6.45, 7) is 1.51. The van der Waals surface area contributed by atoms with Crippen molar-refractivity contribution in [1.29, 1.82) is 0 Å². The zero-order valence-corrected chi connectivity index (χ0v) is 12.0. The molecule has 0 spiro atoms. The van der Waals surface area contributed by atoms with Crippen LogP contribution in [-0.4, -0.2) is 32.7 Å². The summed E-state index contributed by atoms with van der Waals surface area (Å²) in [5, 5.41) is 3.25. The molecule has 106 valence electrons. The maximum atomic E-state index is 11.1. The molecule has 0 aliphatic rings. The maximum Gasteiger partial charge on any atom is 0.310 e. The molecular formula is C13H19NO4S. The predicted molar refractivity (Wildman–Crippen MR) is 73.0 cm³/mol. The van der Waals surface area contributed by atoms with Crippen LogP contribution >= 0.6 is 11.3 Å². The van der Waals surface area contributed by atoms with Crippen LogP contribution in [0.15, 0.2) is 12.1 Å². The molecule has 5 nitrogen and oxygen atoms in total. The fourth-order valence-corrected chi connectivity index (χ4v) is 2.47. The molecule has 0 amide bonds. The van der Waals surface area contributed by atoms with Gasteiger partial charge in [-0.15, -0.1) is 11.3 Å². The van der Waals surface area contributed by atoms with Crippen molar-refractivity contribution in [2.75, 3.05) is 20.8 Å². The molecule has 0 aliphatic carbocycles. The first-order chi connectivity index (χ1) is 9.15. The molecule has 1 aromatic rings. The number of carbonyl (C=O) groups is 2. The second-order valence-electron chi connectivity index (χ2n) is 3.98. The van der Waals surface area contributed by atoms with Crippen molar-refractivity contribution in [2.45, 2.75) is 25.8 Å². The first-order valence-electron chi connectivity index (χ1n) is 6.07. The molecule has 1 N–H and O–H groups in total. The molecule has 0 fully saturated rings. The molecular weight excluding hydrogens is 266 g/mol. The number of rotatable bonds is 8. The van der Waals surface area contributed by atoms with Crippen LogP contribution < -0.4 is 5.32 Å². The minimum Gasteiger partial charge on any atom is -0.469 e. The summed E-state index contributed by atoms with van der Waals surface area (Å²) in [5.74, 6) is -0.405. The van der Waals surface area contributed by atoms with Crippen molar-refractivity contribution in [3.8, 4) is 0 Å². The van der Waals surface area contributed by atoms with Crippen molar-refractivity contribution < 1.29 is 19.1 Å². The summed E-state index contributed by atoms with van der Waals surface area (Å²) in [4.78, 5) is 24.2. The lowest BCUT2D eigenvalue weighted by Crippen LogP contribution is -2.15. The van der Waals surface area contributed by atoms with Gasteiger partial charge in [0.25, 0.3) is 0 Å². The van der Waals surface area contributed by atoms with E-state index in [1.807, 2.05) is 12.1 Å². The van der Waals surface area contributed by atoms with E-state index in [1.54, 1.807) is 11.3 Å². The van der Waals surface area contributed by atoms with E-state index in [0.29, 0.717) is 12.8 Å². The number of esters is 2. The van der Waals surface area contributed by atoms with E-state index in [0.717, 1.165) is 29.3 Å². The van der Waals surface area contributed by atoms with Crippen LogP contribution in [0.1, 0.15) is 22.6 Å². The van der Waals surface area contributed by atoms with Gasteiger partial charge in [-0.2, -0.15) is 0 Å². The lowest BCUT2D eigenvalue weighted by Gasteiger charge is -2.02. The lowest BCUT2D eigenvalue weighted by atomic mass is 10.3. The minimum absolute atomic E-state index is 0.182. The zero-order valence-electron chi connectivity index (χ0n) is 11.2. The van der Waals surface area contributed by atoms with Crippen LogP contribution in [0.3, 0.4) is 0 Å². The monoisotopic (exact) mass is 285 g/mol. The van der Waals surface area contributed by atoms with Gasteiger partial charge in [0.1, 0.15) is 0 Å². The van der Waals surface area contributed by atoms with Crippen molar-refractivity contribution in [3.63, 3.8) is 0 Å². The molecule has 6 heteroatoms. The van der Waals surface area contributed by atoms with Crippen molar-refractivity contribution in [2.24, 2.45) is 0 Å². The Balaban J connectivity index is 2.19. The van der Waals surface area contributed by atoms with E-state index in [1.165, 1.54) is 14.2 Å². The average Bonchev–Trinajstić information content (AvgIpc) is 2.85. The highest BCUT2D eigenvalue weighted by molar-refractivity contribution is 7.12. The topological polar surface area (TPSA) is 64.6 Å². The highest BCUT2D eigenvalue weighted by Gasteiger charge is 2.06.